The van der Waals surface area contributed by atoms with Crippen molar-refractivity contribution in [1.29, 1.82) is 0 Å². The molecule has 3 N–H and O–H groups in total. The number of rotatable bonds is 10. The molecule has 2 aliphatic heterocycles. The summed E-state index contributed by atoms with van der Waals surface area (Å²) in [5.74, 6) is -0.919. The molecule has 1 saturated heterocycles. The Morgan fingerprint density at radius 1 is 1.09 bits per heavy atom. The third kappa shape index (κ3) is 6.21. The number of halogens is 2. The summed E-state index contributed by atoms with van der Waals surface area (Å²) in [6.07, 6.45) is 4.51. The zero-order chi connectivity index (χ0) is 30.8. The number of aliphatic hydroxyl groups excluding tert-OH is 1. The van der Waals surface area contributed by atoms with E-state index in [0.29, 0.717) is 50.0 Å². The maximum absolute atomic E-state index is 14.7. The molecule has 9 heteroatoms. The van der Waals surface area contributed by atoms with Crippen LogP contribution in [-0.4, -0.2) is 47.8 Å². The highest BCUT2D eigenvalue weighted by Gasteiger charge is 2.46. The molecule has 3 aromatic carbocycles. The molecule has 3 aromatic rings. The first-order valence-corrected chi connectivity index (χ1v) is 15.6. The third-order valence-corrected chi connectivity index (χ3v) is 9.33. The van der Waals surface area contributed by atoms with Gasteiger partial charge >= 0.3 is 0 Å². The average Bonchev–Trinajstić information content (AvgIpc) is 3.44. The minimum atomic E-state index is -0.978. The van der Waals surface area contributed by atoms with Crippen molar-refractivity contribution in [3.63, 3.8) is 0 Å². The monoisotopic (exact) mass is 603 g/mol. The first-order chi connectivity index (χ1) is 21.2. The zero-order valence-corrected chi connectivity index (χ0v) is 25.0. The van der Waals surface area contributed by atoms with Gasteiger partial charge in [-0.1, -0.05) is 37.3 Å². The molecular weight excluding hydrogens is 564 g/mol. The van der Waals surface area contributed by atoms with Gasteiger partial charge in [-0.05, 0) is 73.9 Å². The Labute approximate surface area is 256 Å². The molecule has 232 valence electrons. The first-order valence-electron chi connectivity index (χ1n) is 15.6. The molecule has 44 heavy (non-hydrogen) atoms. The highest BCUT2D eigenvalue weighted by atomic mass is 19.1. The smallest absolute Gasteiger partial charge is 0.251 e. The summed E-state index contributed by atoms with van der Waals surface area (Å²) in [6.45, 7) is 2.50. The van der Waals surface area contributed by atoms with Crippen LogP contribution < -0.4 is 20.3 Å². The summed E-state index contributed by atoms with van der Waals surface area (Å²) in [4.78, 5) is 27.1. The topological polar surface area (TPSA) is 90.9 Å². The van der Waals surface area contributed by atoms with Crippen molar-refractivity contribution < 1.29 is 28.2 Å². The normalized spacial score (nSPS) is 20.0. The van der Waals surface area contributed by atoms with E-state index in [1.165, 1.54) is 29.2 Å². The van der Waals surface area contributed by atoms with Crippen molar-refractivity contribution >= 4 is 17.5 Å². The van der Waals surface area contributed by atoms with Gasteiger partial charge in [0.05, 0.1) is 17.8 Å². The Morgan fingerprint density at radius 2 is 1.89 bits per heavy atom. The van der Waals surface area contributed by atoms with Crippen LogP contribution >= 0.6 is 0 Å². The molecule has 0 aromatic heterocycles. The number of carbonyl (C=O) groups is 2. The van der Waals surface area contributed by atoms with Crippen molar-refractivity contribution in [2.24, 2.45) is 0 Å². The largest absolute Gasteiger partial charge is 0.487 e. The predicted molar refractivity (Wildman–Crippen MR) is 164 cm³/mol. The van der Waals surface area contributed by atoms with Crippen LogP contribution in [-0.2, 0) is 17.6 Å². The second-order valence-electron chi connectivity index (χ2n) is 12.3. The van der Waals surface area contributed by atoms with Gasteiger partial charge in [0.1, 0.15) is 23.0 Å². The number of amides is 2. The van der Waals surface area contributed by atoms with E-state index in [9.17, 15) is 23.5 Å². The summed E-state index contributed by atoms with van der Waals surface area (Å²) in [7, 11) is 0. The van der Waals surface area contributed by atoms with Crippen molar-refractivity contribution in [1.82, 2.24) is 10.6 Å². The number of aliphatic hydroxyl groups is 1. The first kappa shape index (κ1) is 30.2. The molecule has 2 amide bonds. The molecule has 0 unspecified atom stereocenters. The summed E-state index contributed by atoms with van der Waals surface area (Å²) in [5, 5.41) is 18.0. The predicted octanol–water partition coefficient (Wildman–Crippen LogP) is 5.39. The Hall–Kier alpha value is -3.82. The van der Waals surface area contributed by atoms with Crippen molar-refractivity contribution in [2.75, 3.05) is 18.0 Å². The maximum atomic E-state index is 14.7. The molecule has 6 rings (SSSR count). The lowest BCUT2D eigenvalue weighted by Gasteiger charge is -2.48. The van der Waals surface area contributed by atoms with Gasteiger partial charge in [0.15, 0.2) is 0 Å². The fourth-order valence-electron chi connectivity index (χ4n) is 6.64. The van der Waals surface area contributed by atoms with Gasteiger partial charge in [-0.15, -0.1) is 0 Å². The van der Waals surface area contributed by atoms with E-state index in [1.54, 1.807) is 0 Å². The van der Waals surface area contributed by atoms with Gasteiger partial charge in [0, 0.05) is 49.2 Å². The summed E-state index contributed by atoms with van der Waals surface area (Å²) in [6, 6.07) is 16.1. The van der Waals surface area contributed by atoms with Crippen LogP contribution in [0, 0.1) is 11.6 Å². The number of nitrogens with one attached hydrogen (secondary N) is 2. The number of hydrogen-bond donors (Lipinski definition) is 3. The molecule has 2 heterocycles. The number of aryl methyl sites for hydroxylation is 1. The fourth-order valence-corrected chi connectivity index (χ4v) is 6.64. The Kier molecular flexibility index (Phi) is 8.69. The molecule has 2 fully saturated rings. The second-order valence-corrected chi connectivity index (χ2v) is 12.3. The minimum absolute atomic E-state index is 0.0907. The van der Waals surface area contributed by atoms with Crippen LogP contribution in [0.2, 0.25) is 0 Å². The molecule has 3 atom stereocenters. The third-order valence-electron chi connectivity index (χ3n) is 9.33. The van der Waals surface area contributed by atoms with Gasteiger partial charge in [-0.25, -0.2) is 8.78 Å². The molecule has 0 bridgehead atoms. The van der Waals surface area contributed by atoms with Gasteiger partial charge in [-0.2, -0.15) is 0 Å². The van der Waals surface area contributed by atoms with Gasteiger partial charge in [0.2, 0.25) is 5.91 Å². The Balaban J connectivity index is 1.21. The fraction of sp³-hybridized carbons (Fsp3) is 0.429. The Bertz CT molecular complexity index is 1530. The summed E-state index contributed by atoms with van der Waals surface area (Å²) in [5.41, 5.74) is 2.41. The van der Waals surface area contributed by atoms with E-state index in [1.807, 2.05) is 43.3 Å². The summed E-state index contributed by atoms with van der Waals surface area (Å²) < 4.78 is 35.7. The maximum Gasteiger partial charge on any atom is 0.251 e. The van der Waals surface area contributed by atoms with E-state index < -0.39 is 23.9 Å². The lowest BCUT2D eigenvalue weighted by Crippen LogP contribution is -2.52. The highest BCUT2D eigenvalue weighted by Crippen LogP contribution is 2.49. The SMILES string of the molecule is CCc1cc2c(cc1F)OC1(CCC1)C[C@@H]2NC[C@H](O)[C@H](Cc1ccccc1)NC(=O)c1ccc(F)c(N2CCCC2=O)c1. The van der Waals surface area contributed by atoms with Crippen LogP contribution in [0.25, 0.3) is 0 Å². The highest BCUT2D eigenvalue weighted by molar-refractivity contribution is 5.99. The molecule has 1 spiro atoms. The number of carbonyl (C=O) groups excluding carboxylic acids is 2. The number of fused-ring (bicyclic) bond motifs is 1. The zero-order valence-electron chi connectivity index (χ0n) is 25.0. The number of hydrogen-bond acceptors (Lipinski definition) is 5. The van der Waals surface area contributed by atoms with Crippen molar-refractivity contribution in [3.05, 3.63) is 94.6 Å². The van der Waals surface area contributed by atoms with E-state index in [0.717, 1.165) is 30.4 Å². The summed E-state index contributed by atoms with van der Waals surface area (Å²) >= 11 is 0. The Morgan fingerprint density at radius 3 is 2.57 bits per heavy atom. The number of benzene rings is 3. The van der Waals surface area contributed by atoms with E-state index >= 15 is 0 Å². The average molecular weight is 604 g/mol. The lowest BCUT2D eigenvalue weighted by atomic mass is 9.72. The van der Waals surface area contributed by atoms with Gasteiger partial charge in [0.25, 0.3) is 5.91 Å². The quantitative estimate of drug-likeness (QED) is 0.289. The van der Waals surface area contributed by atoms with Crippen LogP contribution in [0.4, 0.5) is 14.5 Å². The van der Waals surface area contributed by atoms with E-state index in [2.05, 4.69) is 10.6 Å². The van der Waals surface area contributed by atoms with E-state index in [-0.39, 0.29) is 41.2 Å². The molecule has 1 aliphatic carbocycles. The van der Waals surface area contributed by atoms with Gasteiger partial charge in [-0.3, -0.25) is 9.59 Å². The van der Waals surface area contributed by atoms with Crippen LogP contribution in [0.3, 0.4) is 0 Å². The molecule has 3 aliphatic rings. The lowest BCUT2D eigenvalue weighted by molar-refractivity contribution is -0.117. The molecule has 1 saturated carbocycles. The second kappa shape index (κ2) is 12.7. The van der Waals surface area contributed by atoms with Crippen molar-refractivity contribution in [2.45, 2.75) is 82.1 Å². The van der Waals surface area contributed by atoms with E-state index in [4.69, 9.17) is 4.74 Å². The molecule has 0 radical (unpaired) electrons. The number of nitrogens with zero attached hydrogens (tertiary/aromatic N) is 1. The van der Waals surface area contributed by atoms with Crippen LogP contribution in [0.15, 0.2) is 60.7 Å². The number of anilines is 1. The molecule has 7 nitrogen and oxygen atoms in total. The number of ether oxygens (including phenoxy) is 1. The van der Waals surface area contributed by atoms with Crippen molar-refractivity contribution in [3.8, 4) is 5.75 Å². The standard InChI is InChI=1S/C35H39F2N3O4/c1-2-23-17-25-29(20-35(13-7-14-35)44-32(25)19-27(23)37)38-21-31(41)28(16-22-8-4-3-5-9-22)39-34(43)24-11-12-26(36)30(18-24)40-15-6-10-33(40)42/h3-5,8-9,11-12,17-19,28-29,31,38,41H,2,6-7,10,13-16,20-21H2,1H3,(H,39,43)/t28-,29-,31-/m0/s1. The van der Waals surface area contributed by atoms with Crippen LogP contribution in [0.5, 0.6) is 5.75 Å². The van der Waals surface area contributed by atoms with Gasteiger partial charge < -0.3 is 25.4 Å². The minimum Gasteiger partial charge on any atom is -0.487 e. The molecular formula is C35H39F2N3O4. The van der Waals surface area contributed by atoms with Crippen LogP contribution in [0.1, 0.15) is 78.5 Å².